The molecule has 0 saturated heterocycles. The van der Waals surface area contributed by atoms with Gasteiger partial charge in [0.05, 0.1) is 31.0 Å². The molecule has 2 heterocycles. The van der Waals surface area contributed by atoms with Gasteiger partial charge in [-0.1, -0.05) is 0 Å². The Kier molecular flexibility index (Phi) is 4.18. The first-order chi connectivity index (χ1) is 12.6. The summed E-state index contributed by atoms with van der Waals surface area (Å²) in [4.78, 5) is 27.3. The van der Waals surface area contributed by atoms with Crippen LogP contribution in [0, 0.1) is 0 Å². The van der Waals surface area contributed by atoms with Gasteiger partial charge < -0.3 is 18.8 Å². The number of benzene rings is 1. The van der Waals surface area contributed by atoms with Gasteiger partial charge in [0.1, 0.15) is 23.5 Å². The zero-order chi connectivity index (χ0) is 18.3. The minimum absolute atomic E-state index is 0.0104. The Morgan fingerprint density at radius 1 is 1.12 bits per heavy atom. The topological polar surface area (TPSA) is 69.0 Å². The molecule has 0 unspecified atom stereocenters. The lowest BCUT2D eigenvalue weighted by Crippen LogP contribution is -2.36. The van der Waals surface area contributed by atoms with Gasteiger partial charge in [-0.2, -0.15) is 0 Å². The quantitative estimate of drug-likeness (QED) is 0.844. The van der Waals surface area contributed by atoms with Gasteiger partial charge in [-0.25, -0.2) is 0 Å². The highest BCUT2D eigenvalue weighted by molar-refractivity contribution is 6.14. The first kappa shape index (κ1) is 16.7. The van der Waals surface area contributed by atoms with Gasteiger partial charge in [-0.05, 0) is 19.3 Å². The number of carbonyl (C=O) groups excluding carboxylic acids is 2. The van der Waals surface area contributed by atoms with E-state index in [-0.39, 0.29) is 11.7 Å². The van der Waals surface area contributed by atoms with Gasteiger partial charge in [0, 0.05) is 37.1 Å². The standard InChI is InChI=1S/C20H21NO5/c1-24-12-9-15-13(18(10-12)25-2)5-4-8-21(15)20(23)14-11-26-17-7-3-6-16(22)19(14)17/h9-11H,3-8H2,1-2H3. The van der Waals surface area contributed by atoms with Crippen molar-refractivity contribution in [2.75, 3.05) is 25.7 Å². The van der Waals surface area contributed by atoms with E-state index in [9.17, 15) is 9.59 Å². The lowest BCUT2D eigenvalue weighted by Gasteiger charge is -2.31. The molecule has 1 aromatic carbocycles. The number of anilines is 1. The van der Waals surface area contributed by atoms with E-state index >= 15 is 0 Å². The van der Waals surface area contributed by atoms with Crippen molar-refractivity contribution in [3.63, 3.8) is 0 Å². The minimum atomic E-state index is -0.207. The van der Waals surface area contributed by atoms with Crippen molar-refractivity contribution < 1.29 is 23.5 Å². The van der Waals surface area contributed by atoms with Crippen molar-refractivity contribution in [2.24, 2.45) is 0 Å². The number of hydrogen-bond acceptors (Lipinski definition) is 5. The molecule has 26 heavy (non-hydrogen) atoms. The lowest BCUT2D eigenvalue weighted by atomic mass is 9.93. The Hall–Kier alpha value is -2.76. The Morgan fingerprint density at radius 2 is 1.96 bits per heavy atom. The first-order valence-corrected chi connectivity index (χ1v) is 8.84. The van der Waals surface area contributed by atoms with Crippen LogP contribution in [-0.2, 0) is 12.8 Å². The van der Waals surface area contributed by atoms with Crippen LogP contribution in [0.15, 0.2) is 22.8 Å². The molecular weight excluding hydrogens is 334 g/mol. The molecule has 4 rings (SSSR count). The molecule has 0 atom stereocenters. The zero-order valence-electron chi connectivity index (χ0n) is 15.0. The van der Waals surface area contributed by atoms with Crippen LogP contribution >= 0.6 is 0 Å². The molecule has 0 radical (unpaired) electrons. The summed E-state index contributed by atoms with van der Waals surface area (Å²) in [5, 5.41) is 0. The third-order valence-electron chi connectivity index (χ3n) is 5.14. The Bertz CT molecular complexity index is 883. The van der Waals surface area contributed by atoms with E-state index in [2.05, 4.69) is 0 Å². The average molecular weight is 355 g/mol. The van der Waals surface area contributed by atoms with Crippen molar-refractivity contribution in [3.8, 4) is 11.5 Å². The molecule has 2 aliphatic rings. The van der Waals surface area contributed by atoms with Gasteiger partial charge in [0.15, 0.2) is 5.78 Å². The molecule has 0 spiro atoms. The third-order valence-corrected chi connectivity index (χ3v) is 5.14. The molecule has 0 saturated carbocycles. The number of methoxy groups -OCH3 is 2. The van der Waals surface area contributed by atoms with Crippen LogP contribution in [0.5, 0.6) is 11.5 Å². The predicted molar refractivity (Wildman–Crippen MR) is 95.5 cm³/mol. The number of ether oxygens (including phenoxy) is 2. The van der Waals surface area contributed by atoms with Crippen LogP contribution < -0.4 is 14.4 Å². The second kappa shape index (κ2) is 6.52. The fourth-order valence-corrected chi connectivity index (χ4v) is 3.87. The van der Waals surface area contributed by atoms with Gasteiger partial charge in [-0.15, -0.1) is 0 Å². The summed E-state index contributed by atoms with van der Waals surface area (Å²) in [5.74, 6) is 1.75. The number of aryl methyl sites for hydroxylation is 1. The van der Waals surface area contributed by atoms with Crippen LogP contribution in [0.4, 0.5) is 5.69 Å². The Labute approximate surface area is 151 Å². The monoisotopic (exact) mass is 355 g/mol. The highest BCUT2D eigenvalue weighted by atomic mass is 16.5. The maximum absolute atomic E-state index is 13.3. The SMILES string of the molecule is COc1cc(OC)c2c(c1)N(C(=O)c1coc3c1C(=O)CCC3)CCC2. The van der Waals surface area contributed by atoms with E-state index in [0.717, 1.165) is 30.5 Å². The van der Waals surface area contributed by atoms with Gasteiger partial charge >= 0.3 is 0 Å². The van der Waals surface area contributed by atoms with Crippen molar-refractivity contribution in [1.82, 2.24) is 0 Å². The first-order valence-electron chi connectivity index (χ1n) is 8.84. The van der Waals surface area contributed by atoms with Gasteiger partial charge in [0.2, 0.25) is 0 Å². The summed E-state index contributed by atoms with van der Waals surface area (Å²) in [6.07, 6.45) is 5.03. The van der Waals surface area contributed by atoms with E-state index in [1.54, 1.807) is 19.1 Å². The number of hydrogen-bond donors (Lipinski definition) is 0. The average Bonchev–Trinajstić information content (AvgIpc) is 3.11. The Morgan fingerprint density at radius 3 is 2.73 bits per heavy atom. The van der Waals surface area contributed by atoms with Crippen LogP contribution in [0.2, 0.25) is 0 Å². The third kappa shape index (κ3) is 2.57. The van der Waals surface area contributed by atoms with E-state index < -0.39 is 0 Å². The highest BCUT2D eigenvalue weighted by Gasteiger charge is 2.33. The second-order valence-corrected chi connectivity index (χ2v) is 6.61. The number of Topliss-reactive ketones (excluding diaryl/α,β-unsaturated/α-hetero) is 1. The Balaban J connectivity index is 1.78. The predicted octanol–water partition coefficient (Wildman–Crippen LogP) is 3.41. The molecule has 0 N–H and O–H groups in total. The second-order valence-electron chi connectivity index (χ2n) is 6.61. The van der Waals surface area contributed by atoms with Crippen molar-refractivity contribution >= 4 is 17.4 Å². The number of furan rings is 1. The molecule has 1 aliphatic carbocycles. The maximum Gasteiger partial charge on any atom is 0.262 e. The molecule has 6 heteroatoms. The van der Waals surface area contributed by atoms with Gasteiger partial charge in [-0.3, -0.25) is 9.59 Å². The summed E-state index contributed by atoms with van der Waals surface area (Å²) in [6.45, 7) is 0.580. The fourth-order valence-electron chi connectivity index (χ4n) is 3.87. The molecular formula is C20H21NO5. The zero-order valence-corrected chi connectivity index (χ0v) is 15.0. The summed E-state index contributed by atoms with van der Waals surface area (Å²) >= 11 is 0. The van der Waals surface area contributed by atoms with E-state index in [1.165, 1.54) is 6.26 Å². The summed E-state index contributed by atoms with van der Waals surface area (Å²) in [7, 11) is 3.20. The largest absolute Gasteiger partial charge is 0.497 e. The lowest BCUT2D eigenvalue weighted by molar-refractivity contribution is 0.0944. The minimum Gasteiger partial charge on any atom is -0.497 e. The fraction of sp³-hybridized carbons (Fsp3) is 0.400. The van der Waals surface area contributed by atoms with Crippen LogP contribution in [0.3, 0.4) is 0 Å². The van der Waals surface area contributed by atoms with E-state index in [1.807, 2.05) is 12.1 Å². The number of amides is 1. The smallest absolute Gasteiger partial charge is 0.262 e. The van der Waals surface area contributed by atoms with Crippen LogP contribution in [0.1, 0.15) is 51.3 Å². The molecule has 0 fully saturated rings. The number of nitrogens with zero attached hydrogens (tertiary/aromatic N) is 1. The van der Waals surface area contributed by atoms with Crippen molar-refractivity contribution in [1.29, 1.82) is 0 Å². The summed E-state index contributed by atoms with van der Waals surface area (Å²) < 4.78 is 16.4. The van der Waals surface area contributed by atoms with Gasteiger partial charge in [0.25, 0.3) is 5.91 Å². The van der Waals surface area contributed by atoms with Crippen LogP contribution in [0.25, 0.3) is 0 Å². The molecule has 0 bridgehead atoms. The maximum atomic E-state index is 13.3. The number of carbonyl (C=O) groups is 2. The number of rotatable bonds is 3. The molecule has 2 aromatic rings. The summed E-state index contributed by atoms with van der Waals surface area (Å²) in [5.41, 5.74) is 2.58. The molecule has 6 nitrogen and oxygen atoms in total. The van der Waals surface area contributed by atoms with E-state index in [4.69, 9.17) is 13.9 Å². The normalized spacial score (nSPS) is 16.1. The molecule has 1 aromatic heterocycles. The van der Waals surface area contributed by atoms with E-state index in [0.29, 0.717) is 47.8 Å². The number of fused-ring (bicyclic) bond motifs is 2. The molecule has 1 amide bonds. The molecule has 1 aliphatic heterocycles. The summed E-state index contributed by atoms with van der Waals surface area (Å²) in [6, 6.07) is 3.68. The van der Waals surface area contributed by atoms with Crippen molar-refractivity contribution in [2.45, 2.75) is 32.1 Å². The highest BCUT2D eigenvalue weighted by Crippen LogP contribution is 2.39. The number of ketones is 1. The molecule has 136 valence electrons. The van der Waals surface area contributed by atoms with Crippen molar-refractivity contribution in [3.05, 3.63) is 40.8 Å². The van der Waals surface area contributed by atoms with Crippen LogP contribution in [-0.4, -0.2) is 32.5 Å².